The molecule has 0 aliphatic rings. The largest absolute Gasteiger partial charge is 0.493 e. The lowest BCUT2D eigenvalue weighted by molar-refractivity contribution is -0.384. The van der Waals surface area contributed by atoms with Gasteiger partial charge < -0.3 is 9.47 Å². The van der Waals surface area contributed by atoms with Gasteiger partial charge in [-0.15, -0.1) is 0 Å². The molecule has 0 bridgehead atoms. The summed E-state index contributed by atoms with van der Waals surface area (Å²) in [5.41, 5.74) is 0.139. The lowest BCUT2D eigenvalue weighted by Crippen LogP contribution is -2.09. The summed E-state index contributed by atoms with van der Waals surface area (Å²) in [4.78, 5) is 21.9. The predicted octanol–water partition coefficient (Wildman–Crippen LogP) is 2.82. The predicted molar refractivity (Wildman–Crippen MR) is 71.0 cm³/mol. The molecule has 0 fully saturated rings. The van der Waals surface area contributed by atoms with Crippen LogP contribution in [0.25, 0.3) is 0 Å². The highest BCUT2D eigenvalue weighted by molar-refractivity contribution is 5.91. The van der Waals surface area contributed by atoms with Crippen molar-refractivity contribution < 1.29 is 19.2 Å². The minimum absolute atomic E-state index is 0.0844. The monoisotopic (exact) mass is 273 g/mol. The molecule has 6 heteroatoms. The molecule has 2 rings (SSSR count). The fraction of sp³-hybridized carbons (Fsp3) is 0.0714. The SMILES string of the molecule is COc1ccccc1OC(=O)c1ccc([N+](=O)[O-])cc1. The van der Waals surface area contributed by atoms with Gasteiger partial charge in [-0.05, 0) is 24.3 Å². The second-order valence-corrected chi connectivity index (χ2v) is 3.84. The number of nitrogens with zero attached hydrogens (tertiary/aromatic N) is 1. The van der Waals surface area contributed by atoms with Crippen molar-refractivity contribution in [3.63, 3.8) is 0 Å². The first-order chi connectivity index (χ1) is 9.61. The topological polar surface area (TPSA) is 78.7 Å². The molecule has 0 spiro atoms. The molecule has 0 radical (unpaired) electrons. The molecule has 0 aromatic heterocycles. The van der Waals surface area contributed by atoms with Crippen LogP contribution in [0.3, 0.4) is 0 Å². The van der Waals surface area contributed by atoms with Crippen molar-refractivity contribution in [1.82, 2.24) is 0 Å². The molecule has 0 saturated carbocycles. The Bertz CT molecular complexity index is 636. The van der Waals surface area contributed by atoms with E-state index >= 15 is 0 Å². The number of nitro groups is 1. The highest BCUT2D eigenvalue weighted by Crippen LogP contribution is 2.26. The summed E-state index contributed by atoms with van der Waals surface area (Å²) in [7, 11) is 1.47. The van der Waals surface area contributed by atoms with Crippen molar-refractivity contribution in [3.05, 3.63) is 64.2 Å². The maximum Gasteiger partial charge on any atom is 0.343 e. The summed E-state index contributed by atoms with van der Waals surface area (Å²) in [5, 5.41) is 10.5. The quantitative estimate of drug-likeness (QED) is 0.370. The molecule has 6 nitrogen and oxygen atoms in total. The Hall–Kier alpha value is -2.89. The van der Waals surface area contributed by atoms with Gasteiger partial charge in [-0.25, -0.2) is 4.79 Å². The van der Waals surface area contributed by atoms with Gasteiger partial charge in [0.25, 0.3) is 5.69 Å². The van der Waals surface area contributed by atoms with Crippen LogP contribution in [-0.4, -0.2) is 18.0 Å². The summed E-state index contributed by atoms with van der Waals surface area (Å²) in [6, 6.07) is 11.9. The Morgan fingerprint density at radius 3 is 2.20 bits per heavy atom. The molecule has 2 aromatic rings. The van der Waals surface area contributed by atoms with Crippen LogP contribution in [0.5, 0.6) is 11.5 Å². The first kappa shape index (κ1) is 13.5. The number of hydrogen-bond donors (Lipinski definition) is 0. The van der Waals surface area contributed by atoms with Crippen LogP contribution < -0.4 is 9.47 Å². The van der Waals surface area contributed by atoms with Gasteiger partial charge in [0, 0.05) is 12.1 Å². The van der Waals surface area contributed by atoms with Crippen LogP contribution in [0.4, 0.5) is 5.69 Å². The summed E-state index contributed by atoms with van der Waals surface area (Å²) < 4.78 is 10.3. The molecule has 0 saturated heterocycles. The third-order valence-electron chi connectivity index (χ3n) is 2.59. The van der Waals surface area contributed by atoms with E-state index < -0.39 is 10.9 Å². The number of benzene rings is 2. The summed E-state index contributed by atoms with van der Waals surface area (Å²) in [6.45, 7) is 0. The zero-order chi connectivity index (χ0) is 14.5. The van der Waals surface area contributed by atoms with Crippen molar-refractivity contribution >= 4 is 11.7 Å². The molecular weight excluding hydrogens is 262 g/mol. The van der Waals surface area contributed by atoms with Crippen molar-refractivity contribution in [2.24, 2.45) is 0 Å². The number of nitro benzene ring substituents is 1. The maximum absolute atomic E-state index is 11.9. The third kappa shape index (κ3) is 2.92. The lowest BCUT2D eigenvalue weighted by Gasteiger charge is -2.08. The molecule has 2 aromatic carbocycles. The number of rotatable bonds is 4. The average molecular weight is 273 g/mol. The van der Waals surface area contributed by atoms with Crippen molar-refractivity contribution in [2.45, 2.75) is 0 Å². The number of carbonyl (C=O) groups is 1. The Kier molecular flexibility index (Phi) is 3.95. The number of para-hydroxylation sites is 2. The highest BCUT2D eigenvalue weighted by atomic mass is 16.6. The number of methoxy groups -OCH3 is 1. The van der Waals surface area contributed by atoms with Gasteiger partial charge in [-0.3, -0.25) is 10.1 Å². The second kappa shape index (κ2) is 5.83. The van der Waals surface area contributed by atoms with Gasteiger partial charge in [-0.1, -0.05) is 12.1 Å². The van der Waals surface area contributed by atoms with E-state index in [9.17, 15) is 14.9 Å². The molecule has 0 aliphatic carbocycles. The van der Waals surface area contributed by atoms with E-state index in [0.29, 0.717) is 11.5 Å². The zero-order valence-electron chi connectivity index (χ0n) is 10.6. The molecule has 0 aliphatic heterocycles. The standard InChI is InChI=1S/C14H11NO5/c1-19-12-4-2-3-5-13(12)20-14(16)10-6-8-11(9-7-10)15(17)18/h2-9H,1H3. The number of hydrogen-bond acceptors (Lipinski definition) is 5. The minimum Gasteiger partial charge on any atom is -0.493 e. The maximum atomic E-state index is 11.9. The van der Waals surface area contributed by atoms with Gasteiger partial charge in [0.15, 0.2) is 11.5 Å². The molecule has 0 N–H and O–H groups in total. The summed E-state index contributed by atoms with van der Waals surface area (Å²) in [5.74, 6) is 0.116. The van der Waals surface area contributed by atoms with Gasteiger partial charge in [-0.2, -0.15) is 0 Å². The fourth-order valence-electron chi connectivity index (χ4n) is 1.58. The Labute approximate surface area is 114 Å². The minimum atomic E-state index is -0.607. The zero-order valence-corrected chi connectivity index (χ0v) is 10.6. The Morgan fingerprint density at radius 1 is 1.05 bits per heavy atom. The molecule has 0 atom stereocenters. The van der Waals surface area contributed by atoms with E-state index in [1.54, 1.807) is 24.3 Å². The normalized spacial score (nSPS) is 9.85. The highest BCUT2D eigenvalue weighted by Gasteiger charge is 2.13. The molecular formula is C14H11NO5. The Balaban J connectivity index is 2.17. The fourth-order valence-corrected chi connectivity index (χ4v) is 1.58. The average Bonchev–Trinajstić information content (AvgIpc) is 2.48. The van der Waals surface area contributed by atoms with E-state index in [0.717, 1.165) is 0 Å². The van der Waals surface area contributed by atoms with E-state index in [1.165, 1.54) is 31.4 Å². The van der Waals surface area contributed by atoms with E-state index in [2.05, 4.69) is 0 Å². The molecule has 102 valence electrons. The Morgan fingerprint density at radius 2 is 1.65 bits per heavy atom. The van der Waals surface area contributed by atoms with Crippen LogP contribution in [0.1, 0.15) is 10.4 Å². The molecule has 0 amide bonds. The van der Waals surface area contributed by atoms with Crippen molar-refractivity contribution in [2.75, 3.05) is 7.11 Å². The van der Waals surface area contributed by atoms with E-state index in [-0.39, 0.29) is 11.3 Å². The first-order valence-electron chi connectivity index (χ1n) is 5.71. The number of ether oxygens (including phenoxy) is 2. The molecule has 0 heterocycles. The van der Waals surface area contributed by atoms with Gasteiger partial charge in [0.2, 0.25) is 0 Å². The second-order valence-electron chi connectivity index (χ2n) is 3.84. The van der Waals surface area contributed by atoms with Crippen LogP contribution in [-0.2, 0) is 0 Å². The van der Waals surface area contributed by atoms with Crippen molar-refractivity contribution in [1.29, 1.82) is 0 Å². The first-order valence-corrected chi connectivity index (χ1v) is 5.71. The van der Waals surface area contributed by atoms with Crippen LogP contribution in [0, 0.1) is 10.1 Å². The van der Waals surface area contributed by atoms with Crippen LogP contribution >= 0.6 is 0 Å². The number of carbonyl (C=O) groups excluding carboxylic acids is 1. The van der Waals surface area contributed by atoms with Gasteiger partial charge >= 0.3 is 5.97 Å². The third-order valence-corrected chi connectivity index (χ3v) is 2.59. The van der Waals surface area contributed by atoms with Crippen LogP contribution in [0.15, 0.2) is 48.5 Å². The number of esters is 1. The van der Waals surface area contributed by atoms with E-state index in [1.807, 2.05) is 0 Å². The van der Waals surface area contributed by atoms with Crippen LogP contribution in [0.2, 0.25) is 0 Å². The molecule has 20 heavy (non-hydrogen) atoms. The van der Waals surface area contributed by atoms with Gasteiger partial charge in [0.05, 0.1) is 17.6 Å². The van der Waals surface area contributed by atoms with Crippen molar-refractivity contribution in [3.8, 4) is 11.5 Å². The molecule has 0 unspecified atom stereocenters. The smallest absolute Gasteiger partial charge is 0.343 e. The number of non-ortho nitro benzene ring substituents is 1. The van der Waals surface area contributed by atoms with Gasteiger partial charge in [0.1, 0.15) is 0 Å². The van der Waals surface area contributed by atoms with E-state index in [4.69, 9.17) is 9.47 Å². The lowest BCUT2D eigenvalue weighted by atomic mass is 10.2. The summed E-state index contributed by atoms with van der Waals surface area (Å²) in [6.07, 6.45) is 0. The summed E-state index contributed by atoms with van der Waals surface area (Å²) >= 11 is 0.